The lowest BCUT2D eigenvalue weighted by Gasteiger charge is -2.12. The van der Waals surface area contributed by atoms with E-state index in [0.717, 1.165) is 19.4 Å². The highest BCUT2D eigenvalue weighted by Gasteiger charge is 2.32. The van der Waals surface area contributed by atoms with Crippen LogP contribution in [0, 0.1) is 5.82 Å². The zero-order chi connectivity index (χ0) is 17.4. The molecule has 23 heavy (non-hydrogen) atoms. The van der Waals surface area contributed by atoms with Crippen molar-refractivity contribution in [1.82, 2.24) is 9.97 Å². The molecule has 3 N–H and O–H groups in total. The lowest BCUT2D eigenvalue weighted by atomic mass is 10.1. The van der Waals surface area contributed by atoms with Gasteiger partial charge in [-0.25, -0.2) is 14.2 Å². The topological polar surface area (TPSA) is 98.3 Å². The van der Waals surface area contributed by atoms with Gasteiger partial charge in [0.1, 0.15) is 17.1 Å². The van der Waals surface area contributed by atoms with E-state index in [9.17, 15) is 22.4 Å². The number of nitrogens with two attached hydrogens (primary N) is 1. The van der Waals surface area contributed by atoms with Crippen LogP contribution in [0.25, 0.3) is 11.3 Å². The molecular weight excluding hydrogens is 322 g/mol. The molecular formula is C13H9F4N3O3. The van der Waals surface area contributed by atoms with E-state index in [0.29, 0.717) is 6.07 Å². The van der Waals surface area contributed by atoms with E-state index in [1.54, 1.807) is 0 Å². The highest BCUT2D eigenvalue weighted by atomic mass is 19.4. The highest BCUT2D eigenvalue weighted by Crippen LogP contribution is 2.34. The summed E-state index contributed by atoms with van der Waals surface area (Å²) in [5.74, 6) is -3.12. The lowest BCUT2D eigenvalue weighted by Crippen LogP contribution is -2.11. The summed E-state index contributed by atoms with van der Waals surface area (Å²) in [6.07, 6.45) is -3.93. The number of aromatic carboxylic acids is 1. The van der Waals surface area contributed by atoms with Crippen molar-refractivity contribution in [2.75, 3.05) is 12.8 Å². The van der Waals surface area contributed by atoms with Gasteiger partial charge in [0.15, 0.2) is 17.3 Å². The minimum atomic E-state index is -4.66. The number of hydrogen-bond acceptors (Lipinski definition) is 5. The average Bonchev–Trinajstić information content (AvgIpc) is 2.48. The number of aromatic nitrogens is 2. The van der Waals surface area contributed by atoms with Gasteiger partial charge in [0, 0.05) is 11.8 Å². The Morgan fingerprint density at radius 1 is 1.35 bits per heavy atom. The molecule has 6 nitrogen and oxygen atoms in total. The standard InChI is InChI=1S/C13H9F4N3O3/c1-23-11-8(18)7(14)9(20-10(11)12(21)22)5-2-3-6(19-4-5)13(15,16)17/h2-4H,1H3,(H2,18,20)(H,21,22). The second-order valence-corrected chi connectivity index (χ2v) is 4.30. The molecule has 122 valence electrons. The fraction of sp³-hybridized carbons (Fsp3) is 0.154. The van der Waals surface area contributed by atoms with Crippen LogP contribution in [0.3, 0.4) is 0 Å². The Kier molecular flexibility index (Phi) is 4.08. The van der Waals surface area contributed by atoms with Gasteiger partial charge in [-0.2, -0.15) is 13.2 Å². The molecule has 2 rings (SSSR count). The first kappa shape index (κ1) is 16.5. The second kappa shape index (κ2) is 5.71. The van der Waals surface area contributed by atoms with Crippen LogP contribution in [0.5, 0.6) is 5.75 Å². The molecule has 0 unspecified atom stereocenters. The number of ether oxygens (including phenoxy) is 1. The summed E-state index contributed by atoms with van der Waals surface area (Å²) >= 11 is 0. The predicted molar refractivity (Wildman–Crippen MR) is 70.4 cm³/mol. The number of nitrogen functional groups attached to an aromatic ring is 1. The quantitative estimate of drug-likeness (QED) is 0.839. The van der Waals surface area contributed by atoms with E-state index in [1.807, 2.05) is 0 Å². The Morgan fingerprint density at radius 2 is 2.00 bits per heavy atom. The van der Waals surface area contributed by atoms with Crippen molar-refractivity contribution in [2.24, 2.45) is 0 Å². The van der Waals surface area contributed by atoms with E-state index in [-0.39, 0.29) is 5.56 Å². The van der Waals surface area contributed by atoms with Crippen LogP contribution in [-0.2, 0) is 6.18 Å². The number of pyridine rings is 2. The molecule has 0 aromatic carbocycles. The molecule has 0 bridgehead atoms. The number of alkyl halides is 3. The summed E-state index contributed by atoms with van der Waals surface area (Å²) < 4.78 is 56.3. The van der Waals surface area contributed by atoms with Crippen molar-refractivity contribution in [2.45, 2.75) is 6.18 Å². The molecule has 2 aromatic heterocycles. The minimum absolute atomic E-state index is 0.160. The maximum atomic E-state index is 14.2. The van der Waals surface area contributed by atoms with Crippen LogP contribution >= 0.6 is 0 Å². The van der Waals surface area contributed by atoms with Crippen LogP contribution < -0.4 is 10.5 Å². The molecule has 0 atom stereocenters. The van der Waals surface area contributed by atoms with Crippen molar-refractivity contribution in [3.63, 3.8) is 0 Å². The van der Waals surface area contributed by atoms with Gasteiger partial charge in [-0.05, 0) is 12.1 Å². The zero-order valence-corrected chi connectivity index (χ0v) is 11.5. The Balaban J connectivity index is 2.62. The highest BCUT2D eigenvalue weighted by molar-refractivity contribution is 5.92. The van der Waals surface area contributed by atoms with Gasteiger partial charge in [0.25, 0.3) is 0 Å². The first-order valence-corrected chi connectivity index (χ1v) is 5.96. The number of carboxylic acids is 1. The third-order valence-corrected chi connectivity index (χ3v) is 2.86. The molecule has 0 saturated heterocycles. The fourth-order valence-corrected chi connectivity index (χ4v) is 1.81. The average molecular weight is 331 g/mol. The SMILES string of the molecule is COc1c(C(=O)O)nc(-c2ccc(C(F)(F)F)nc2)c(F)c1N. The number of nitrogens with zero attached hydrogens (tertiary/aromatic N) is 2. The molecule has 10 heteroatoms. The number of halogens is 4. The number of carbonyl (C=O) groups is 1. The summed E-state index contributed by atoms with van der Waals surface area (Å²) in [7, 11) is 1.08. The lowest BCUT2D eigenvalue weighted by molar-refractivity contribution is -0.141. The molecule has 0 aliphatic heterocycles. The largest absolute Gasteiger partial charge is 0.492 e. The van der Waals surface area contributed by atoms with Crippen LogP contribution in [0.1, 0.15) is 16.2 Å². The van der Waals surface area contributed by atoms with Crippen molar-refractivity contribution in [1.29, 1.82) is 0 Å². The predicted octanol–water partition coefficient (Wildman–Crippen LogP) is 2.59. The van der Waals surface area contributed by atoms with Gasteiger partial charge in [0.05, 0.1) is 7.11 Å². The molecule has 2 aromatic rings. The number of hydrogen-bond donors (Lipinski definition) is 2. The second-order valence-electron chi connectivity index (χ2n) is 4.30. The number of methoxy groups -OCH3 is 1. The first-order chi connectivity index (χ1) is 10.7. The molecule has 0 aliphatic carbocycles. The summed E-state index contributed by atoms with van der Waals surface area (Å²) in [5.41, 5.74) is 2.31. The van der Waals surface area contributed by atoms with Crippen molar-refractivity contribution in [3.05, 3.63) is 35.5 Å². The van der Waals surface area contributed by atoms with Gasteiger partial charge in [-0.1, -0.05) is 0 Å². The molecule has 0 amide bonds. The monoisotopic (exact) mass is 331 g/mol. The van der Waals surface area contributed by atoms with Crippen molar-refractivity contribution in [3.8, 4) is 17.0 Å². The smallest absolute Gasteiger partial charge is 0.433 e. The van der Waals surface area contributed by atoms with Gasteiger partial charge >= 0.3 is 12.1 Å². The van der Waals surface area contributed by atoms with Crippen molar-refractivity contribution >= 4 is 11.7 Å². The normalized spacial score (nSPS) is 11.3. The maximum Gasteiger partial charge on any atom is 0.433 e. The number of rotatable bonds is 3. The van der Waals surface area contributed by atoms with E-state index < -0.39 is 46.5 Å². The maximum absolute atomic E-state index is 14.2. The third kappa shape index (κ3) is 3.00. The molecule has 0 aliphatic rings. The van der Waals surface area contributed by atoms with Gasteiger partial charge < -0.3 is 15.6 Å². The Labute approximate surface area is 126 Å². The molecule has 0 saturated carbocycles. The molecule has 2 heterocycles. The van der Waals surface area contributed by atoms with E-state index in [2.05, 4.69) is 9.97 Å². The van der Waals surface area contributed by atoms with E-state index in [4.69, 9.17) is 15.6 Å². The molecule has 0 fully saturated rings. The third-order valence-electron chi connectivity index (χ3n) is 2.86. The van der Waals surface area contributed by atoms with E-state index >= 15 is 0 Å². The number of anilines is 1. The van der Waals surface area contributed by atoms with Gasteiger partial charge in [0.2, 0.25) is 0 Å². The van der Waals surface area contributed by atoms with Crippen LogP contribution in [0.15, 0.2) is 18.3 Å². The van der Waals surface area contributed by atoms with Crippen LogP contribution in [-0.4, -0.2) is 28.2 Å². The van der Waals surface area contributed by atoms with Crippen molar-refractivity contribution < 1.29 is 32.2 Å². The summed E-state index contributed by atoms with van der Waals surface area (Å²) in [4.78, 5) is 17.9. The van der Waals surface area contributed by atoms with Crippen LogP contribution in [0.2, 0.25) is 0 Å². The number of carboxylic acid groups (broad SMARTS) is 1. The molecule has 0 radical (unpaired) electrons. The Hall–Kier alpha value is -2.91. The molecule has 0 spiro atoms. The Morgan fingerprint density at radius 3 is 2.43 bits per heavy atom. The van der Waals surface area contributed by atoms with Gasteiger partial charge in [-0.3, -0.25) is 4.98 Å². The first-order valence-electron chi connectivity index (χ1n) is 5.96. The van der Waals surface area contributed by atoms with E-state index in [1.165, 1.54) is 0 Å². The zero-order valence-electron chi connectivity index (χ0n) is 11.5. The van der Waals surface area contributed by atoms with Gasteiger partial charge in [-0.15, -0.1) is 0 Å². The Bertz CT molecular complexity index is 761. The summed E-state index contributed by atoms with van der Waals surface area (Å²) in [6, 6.07) is 1.54. The fourth-order valence-electron chi connectivity index (χ4n) is 1.81. The minimum Gasteiger partial charge on any atom is -0.492 e. The van der Waals surface area contributed by atoms with Crippen LogP contribution in [0.4, 0.5) is 23.2 Å². The summed E-state index contributed by atoms with van der Waals surface area (Å²) in [6.45, 7) is 0. The summed E-state index contributed by atoms with van der Waals surface area (Å²) in [5, 5.41) is 9.05.